The van der Waals surface area contributed by atoms with Crippen LogP contribution in [0.5, 0.6) is 0 Å². The second-order valence-corrected chi connectivity index (χ2v) is 6.71. The van der Waals surface area contributed by atoms with Gasteiger partial charge < -0.3 is 14.4 Å². The van der Waals surface area contributed by atoms with E-state index in [1.807, 2.05) is 30.3 Å². The third-order valence-electron chi connectivity index (χ3n) is 3.89. The molecule has 0 saturated heterocycles. The van der Waals surface area contributed by atoms with E-state index in [2.05, 4.69) is 4.98 Å². The number of ether oxygens (including phenoxy) is 1. The van der Waals surface area contributed by atoms with Crippen LogP contribution >= 0.6 is 23.2 Å². The number of hydrogen-bond acceptors (Lipinski definition) is 3. The summed E-state index contributed by atoms with van der Waals surface area (Å²) in [6, 6.07) is 14.9. The number of rotatable bonds is 7. The summed E-state index contributed by atoms with van der Waals surface area (Å²) in [6.07, 6.45) is 5.09. The molecule has 0 spiro atoms. The molecule has 1 aromatic heterocycles. The molecule has 6 heteroatoms. The van der Waals surface area contributed by atoms with Crippen LogP contribution < -0.4 is 0 Å². The van der Waals surface area contributed by atoms with Crippen molar-refractivity contribution < 1.29 is 9.84 Å². The van der Waals surface area contributed by atoms with Gasteiger partial charge in [0.2, 0.25) is 0 Å². The SMILES string of the molecule is OC(COCc1ccccc1)(Cn1ccnc1)c1ccc(Cl)cc1Cl. The van der Waals surface area contributed by atoms with Gasteiger partial charge in [0.05, 0.1) is 26.1 Å². The van der Waals surface area contributed by atoms with E-state index >= 15 is 0 Å². The Bertz CT molecular complexity index is 810. The molecule has 3 rings (SSSR count). The number of imidazole rings is 1. The molecular formula is C19H18Cl2N2O2. The van der Waals surface area contributed by atoms with E-state index in [4.69, 9.17) is 27.9 Å². The third kappa shape index (κ3) is 4.61. The summed E-state index contributed by atoms with van der Waals surface area (Å²) in [5.41, 5.74) is 0.298. The van der Waals surface area contributed by atoms with Gasteiger partial charge in [-0.25, -0.2) is 4.98 Å². The zero-order chi connectivity index (χ0) is 17.7. The molecule has 0 amide bonds. The first-order chi connectivity index (χ1) is 12.1. The fraction of sp³-hybridized carbons (Fsp3) is 0.211. The molecule has 1 atom stereocenters. The standard InChI is InChI=1S/C19H18Cl2N2O2/c20-16-6-7-17(18(21)10-16)19(24,12-23-9-8-22-14-23)13-25-11-15-4-2-1-3-5-15/h1-10,14,24H,11-13H2. The largest absolute Gasteiger partial charge is 0.381 e. The van der Waals surface area contributed by atoms with Crippen LogP contribution in [0.4, 0.5) is 0 Å². The van der Waals surface area contributed by atoms with E-state index < -0.39 is 5.60 Å². The first-order valence-electron chi connectivity index (χ1n) is 7.82. The molecule has 4 nitrogen and oxygen atoms in total. The molecule has 25 heavy (non-hydrogen) atoms. The molecule has 1 heterocycles. The Kier molecular flexibility index (Phi) is 5.76. The highest BCUT2D eigenvalue weighted by Crippen LogP contribution is 2.32. The lowest BCUT2D eigenvalue weighted by Crippen LogP contribution is -2.36. The van der Waals surface area contributed by atoms with Gasteiger partial charge >= 0.3 is 0 Å². The summed E-state index contributed by atoms with van der Waals surface area (Å²) >= 11 is 12.3. The smallest absolute Gasteiger partial charge is 0.132 e. The van der Waals surface area contributed by atoms with Crippen molar-refractivity contribution in [1.29, 1.82) is 0 Å². The maximum absolute atomic E-state index is 11.3. The van der Waals surface area contributed by atoms with Gasteiger partial charge in [0.1, 0.15) is 5.60 Å². The summed E-state index contributed by atoms with van der Waals surface area (Å²) in [6.45, 7) is 0.753. The van der Waals surface area contributed by atoms with E-state index in [1.54, 1.807) is 41.5 Å². The normalized spacial score (nSPS) is 13.6. The lowest BCUT2D eigenvalue weighted by Gasteiger charge is -2.30. The van der Waals surface area contributed by atoms with Gasteiger partial charge in [-0.05, 0) is 17.7 Å². The van der Waals surface area contributed by atoms with Crippen LogP contribution in [0.2, 0.25) is 10.0 Å². The Labute approximate surface area is 156 Å². The van der Waals surface area contributed by atoms with E-state index in [0.717, 1.165) is 5.56 Å². The molecular weight excluding hydrogens is 359 g/mol. The summed E-state index contributed by atoms with van der Waals surface area (Å²) in [4.78, 5) is 4.02. The summed E-state index contributed by atoms with van der Waals surface area (Å²) in [5.74, 6) is 0. The zero-order valence-electron chi connectivity index (χ0n) is 13.5. The molecule has 1 N–H and O–H groups in total. The predicted molar refractivity (Wildman–Crippen MR) is 98.7 cm³/mol. The summed E-state index contributed by atoms with van der Waals surface area (Å²) < 4.78 is 7.59. The predicted octanol–water partition coefficient (Wildman–Crippen LogP) is 4.29. The second kappa shape index (κ2) is 8.02. The molecule has 2 aromatic carbocycles. The fourth-order valence-corrected chi connectivity index (χ4v) is 3.25. The Morgan fingerprint density at radius 3 is 2.60 bits per heavy atom. The van der Waals surface area contributed by atoms with E-state index in [-0.39, 0.29) is 13.2 Å². The molecule has 0 saturated carbocycles. The zero-order valence-corrected chi connectivity index (χ0v) is 15.0. The topological polar surface area (TPSA) is 47.3 Å². The Morgan fingerprint density at radius 2 is 1.92 bits per heavy atom. The van der Waals surface area contributed by atoms with Gasteiger partial charge in [-0.3, -0.25) is 0 Å². The van der Waals surface area contributed by atoms with Crippen LogP contribution in [0.25, 0.3) is 0 Å². The minimum absolute atomic E-state index is 0.0847. The number of nitrogens with zero attached hydrogens (tertiary/aromatic N) is 2. The highest BCUT2D eigenvalue weighted by Gasteiger charge is 2.32. The van der Waals surface area contributed by atoms with E-state index in [9.17, 15) is 5.11 Å². The van der Waals surface area contributed by atoms with Gasteiger partial charge in [0.25, 0.3) is 0 Å². The number of aliphatic hydroxyl groups is 1. The average Bonchev–Trinajstić information content (AvgIpc) is 3.08. The van der Waals surface area contributed by atoms with Crippen molar-refractivity contribution in [2.45, 2.75) is 18.8 Å². The molecule has 130 valence electrons. The summed E-state index contributed by atoms with van der Waals surface area (Å²) in [7, 11) is 0. The van der Waals surface area contributed by atoms with Crippen molar-refractivity contribution in [3.63, 3.8) is 0 Å². The van der Waals surface area contributed by atoms with Gasteiger partial charge in [-0.2, -0.15) is 0 Å². The molecule has 1 unspecified atom stereocenters. The van der Waals surface area contributed by atoms with Crippen molar-refractivity contribution in [3.8, 4) is 0 Å². The maximum atomic E-state index is 11.3. The van der Waals surface area contributed by atoms with Crippen LogP contribution in [0.3, 0.4) is 0 Å². The Hall–Kier alpha value is -1.85. The molecule has 0 radical (unpaired) electrons. The van der Waals surface area contributed by atoms with Crippen molar-refractivity contribution in [1.82, 2.24) is 9.55 Å². The van der Waals surface area contributed by atoms with Crippen LogP contribution in [0.15, 0.2) is 67.3 Å². The first-order valence-corrected chi connectivity index (χ1v) is 8.58. The van der Waals surface area contributed by atoms with Crippen LogP contribution in [0.1, 0.15) is 11.1 Å². The van der Waals surface area contributed by atoms with Gasteiger partial charge in [-0.1, -0.05) is 59.6 Å². The molecule has 0 fully saturated rings. The molecule has 0 aliphatic rings. The van der Waals surface area contributed by atoms with Crippen molar-refractivity contribution in [3.05, 3.63) is 88.4 Å². The van der Waals surface area contributed by atoms with Crippen LogP contribution in [-0.4, -0.2) is 21.3 Å². The van der Waals surface area contributed by atoms with Crippen LogP contribution in [-0.2, 0) is 23.5 Å². The van der Waals surface area contributed by atoms with Crippen molar-refractivity contribution in [2.75, 3.05) is 6.61 Å². The molecule has 3 aromatic rings. The second-order valence-electron chi connectivity index (χ2n) is 5.87. The molecule has 0 bridgehead atoms. The van der Waals surface area contributed by atoms with Crippen molar-refractivity contribution in [2.24, 2.45) is 0 Å². The number of hydrogen-bond donors (Lipinski definition) is 1. The lowest BCUT2D eigenvalue weighted by molar-refractivity contribution is -0.0672. The summed E-state index contributed by atoms with van der Waals surface area (Å²) in [5, 5.41) is 12.2. The minimum atomic E-state index is -1.31. The first kappa shape index (κ1) is 18.0. The average molecular weight is 377 g/mol. The fourth-order valence-electron chi connectivity index (χ4n) is 2.67. The minimum Gasteiger partial charge on any atom is -0.381 e. The van der Waals surface area contributed by atoms with Gasteiger partial charge in [-0.15, -0.1) is 0 Å². The highest BCUT2D eigenvalue weighted by molar-refractivity contribution is 6.35. The van der Waals surface area contributed by atoms with E-state index in [1.165, 1.54) is 0 Å². The van der Waals surface area contributed by atoms with Crippen molar-refractivity contribution >= 4 is 23.2 Å². The Balaban J connectivity index is 1.81. The molecule has 0 aliphatic heterocycles. The highest BCUT2D eigenvalue weighted by atomic mass is 35.5. The third-order valence-corrected chi connectivity index (χ3v) is 4.44. The van der Waals surface area contributed by atoms with Gasteiger partial charge in [0, 0.05) is 28.0 Å². The van der Waals surface area contributed by atoms with Crippen LogP contribution in [0, 0.1) is 0 Å². The number of halogens is 2. The quantitative estimate of drug-likeness (QED) is 0.668. The molecule has 0 aliphatic carbocycles. The lowest BCUT2D eigenvalue weighted by atomic mass is 9.94. The maximum Gasteiger partial charge on any atom is 0.132 e. The number of benzene rings is 2. The monoisotopic (exact) mass is 376 g/mol. The number of aromatic nitrogens is 2. The Morgan fingerprint density at radius 1 is 1.12 bits per heavy atom. The van der Waals surface area contributed by atoms with Gasteiger partial charge in [0.15, 0.2) is 0 Å². The van der Waals surface area contributed by atoms with E-state index in [0.29, 0.717) is 22.2 Å².